The van der Waals surface area contributed by atoms with Crippen LogP contribution in [-0.2, 0) is 6.54 Å². The van der Waals surface area contributed by atoms with Gasteiger partial charge in [-0.15, -0.1) is 0 Å². The Labute approximate surface area is 119 Å². The molecule has 2 N–H and O–H groups in total. The summed E-state index contributed by atoms with van der Waals surface area (Å²) in [5, 5.41) is 13.5. The molecular formula is C15H24BrNO. The second-order valence-electron chi connectivity index (χ2n) is 5.79. The van der Waals surface area contributed by atoms with Crippen LogP contribution in [0.1, 0.15) is 38.3 Å². The van der Waals surface area contributed by atoms with Crippen molar-refractivity contribution in [2.45, 2.75) is 46.3 Å². The smallest absolute Gasteiger partial charge is 0.0746 e. The fourth-order valence-electron chi connectivity index (χ4n) is 2.21. The Bertz CT molecular complexity index is 388. The molecule has 3 heteroatoms. The van der Waals surface area contributed by atoms with E-state index in [2.05, 4.69) is 60.2 Å². The molecule has 1 rings (SSSR count). The first-order valence-corrected chi connectivity index (χ1v) is 7.27. The lowest BCUT2D eigenvalue weighted by Gasteiger charge is -2.25. The summed E-state index contributed by atoms with van der Waals surface area (Å²) in [5.74, 6) is 0.507. The number of hydrogen-bond acceptors (Lipinski definition) is 2. The van der Waals surface area contributed by atoms with Crippen LogP contribution in [-0.4, -0.2) is 17.3 Å². The normalized spacial score (nSPS) is 14.8. The molecule has 102 valence electrons. The Morgan fingerprint density at radius 3 is 2.61 bits per heavy atom. The molecule has 0 bridgehead atoms. The lowest BCUT2D eigenvalue weighted by molar-refractivity contribution is 0.0383. The molecule has 1 atom stereocenters. The lowest BCUT2D eigenvalue weighted by Crippen LogP contribution is -2.38. The van der Waals surface area contributed by atoms with Crippen molar-refractivity contribution in [3.05, 3.63) is 33.8 Å². The van der Waals surface area contributed by atoms with Crippen LogP contribution < -0.4 is 5.32 Å². The fraction of sp³-hybridized carbons (Fsp3) is 0.600. The van der Waals surface area contributed by atoms with Crippen molar-refractivity contribution in [1.82, 2.24) is 5.32 Å². The van der Waals surface area contributed by atoms with E-state index in [0.717, 1.165) is 17.4 Å². The summed E-state index contributed by atoms with van der Waals surface area (Å²) in [7, 11) is 0. The molecule has 0 fully saturated rings. The second kappa shape index (κ2) is 6.69. The van der Waals surface area contributed by atoms with Gasteiger partial charge in [-0.3, -0.25) is 0 Å². The third-order valence-electron chi connectivity index (χ3n) is 2.88. The Balaban J connectivity index is 2.46. The topological polar surface area (TPSA) is 32.3 Å². The van der Waals surface area contributed by atoms with Gasteiger partial charge < -0.3 is 10.4 Å². The van der Waals surface area contributed by atoms with Gasteiger partial charge in [0.25, 0.3) is 0 Å². The van der Waals surface area contributed by atoms with Crippen molar-refractivity contribution in [2.75, 3.05) is 6.54 Å². The number of halogens is 1. The quantitative estimate of drug-likeness (QED) is 0.840. The Morgan fingerprint density at radius 1 is 1.39 bits per heavy atom. The van der Waals surface area contributed by atoms with E-state index in [1.807, 2.05) is 6.92 Å². The van der Waals surface area contributed by atoms with Crippen molar-refractivity contribution in [3.63, 3.8) is 0 Å². The first-order valence-electron chi connectivity index (χ1n) is 6.48. The van der Waals surface area contributed by atoms with E-state index in [4.69, 9.17) is 0 Å². The average Bonchev–Trinajstić information content (AvgIpc) is 2.19. The number of benzene rings is 1. The van der Waals surface area contributed by atoms with E-state index in [1.165, 1.54) is 11.1 Å². The van der Waals surface area contributed by atoms with Gasteiger partial charge in [-0.05, 0) is 43.4 Å². The first kappa shape index (κ1) is 15.7. The van der Waals surface area contributed by atoms with Crippen LogP contribution in [0, 0.1) is 12.8 Å². The molecule has 0 aromatic heterocycles. The molecule has 0 saturated carbocycles. The van der Waals surface area contributed by atoms with Gasteiger partial charge in [0.2, 0.25) is 0 Å². The van der Waals surface area contributed by atoms with Gasteiger partial charge in [0, 0.05) is 17.6 Å². The minimum atomic E-state index is -0.634. The van der Waals surface area contributed by atoms with Crippen LogP contribution in [0.5, 0.6) is 0 Å². The monoisotopic (exact) mass is 313 g/mol. The zero-order valence-electron chi connectivity index (χ0n) is 11.8. The molecular weight excluding hydrogens is 290 g/mol. The van der Waals surface area contributed by atoms with Gasteiger partial charge in [-0.25, -0.2) is 0 Å². The number of aryl methyl sites for hydroxylation is 1. The van der Waals surface area contributed by atoms with Crippen molar-refractivity contribution >= 4 is 15.9 Å². The van der Waals surface area contributed by atoms with Crippen LogP contribution in [0.3, 0.4) is 0 Å². The van der Waals surface area contributed by atoms with Crippen molar-refractivity contribution < 1.29 is 5.11 Å². The minimum absolute atomic E-state index is 0.507. The zero-order chi connectivity index (χ0) is 13.8. The van der Waals surface area contributed by atoms with Crippen LogP contribution >= 0.6 is 15.9 Å². The van der Waals surface area contributed by atoms with Crippen molar-refractivity contribution in [2.24, 2.45) is 5.92 Å². The molecule has 0 amide bonds. The molecule has 0 aliphatic carbocycles. The predicted octanol–water partition coefficient (Wildman–Crippen LogP) is 3.64. The van der Waals surface area contributed by atoms with Gasteiger partial charge in [0.15, 0.2) is 0 Å². The number of rotatable bonds is 6. The van der Waals surface area contributed by atoms with Crippen LogP contribution in [0.4, 0.5) is 0 Å². The van der Waals surface area contributed by atoms with E-state index < -0.39 is 5.60 Å². The van der Waals surface area contributed by atoms with E-state index in [0.29, 0.717) is 12.5 Å². The summed E-state index contributed by atoms with van der Waals surface area (Å²) in [4.78, 5) is 0. The van der Waals surface area contributed by atoms with Crippen molar-refractivity contribution in [1.29, 1.82) is 0 Å². The molecule has 0 aliphatic heterocycles. The molecule has 0 heterocycles. The Morgan fingerprint density at radius 2 is 2.06 bits per heavy atom. The summed E-state index contributed by atoms with van der Waals surface area (Å²) in [6.07, 6.45) is 0.815. The molecule has 1 unspecified atom stereocenters. The summed E-state index contributed by atoms with van der Waals surface area (Å²) < 4.78 is 1.12. The summed E-state index contributed by atoms with van der Waals surface area (Å²) in [6, 6.07) is 6.33. The minimum Gasteiger partial charge on any atom is -0.389 e. The van der Waals surface area contributed by atoms with Crippen LogP contribution in [0.2, 0.25) is 0 Å². The lowest BCUT2D eigenvalue weighted by atomic mass is 9.94. The maximum atomic E-state index is 10.2. The second-order valence-corrected chi connectivity index (χ2v) is 6.65. The molecule has 0 radical (unpaired) electrons. The number of nitrogens with one attached hydrogen (secondary N) is 1. The molecule has 1 aromatic carbocycles. The first-order chi connectivity index (χ1) is 8.30. The molecule has 18 heavy (non-hydrogen) atoms. The average molecular weight is 314 g/mol. The van der Waals surface area contributed by atoms with Crippen LogP contribution in [0.25, 0.3) is 0 Å². The summed E-state index contributed by atoms with van der Waals surface area (Å²) >= 11 is 3.57. The van der Waals surface area contributed by atoms with Crippen molar-refractivity contribution in [3.8, 4) is 0 Å². The molecule has 0 spiro atoms. The highest BCUT2D eigenvalue weighted by Crippen LogP contribution is 2.19. The molecule has 0 aliphatic rings. The Kier molecular flexibility index (Phi) is 5.83. The third-order valence-corrected chi connectivity index (χ3v) is 3.62. The van der Waals surface area contributed by atoms with Crippen LogP contribution in [0.15, 0.2) is 22.7 Å². The Hall–Kier alpha value is -0.380. The standard InChI is InChI=1S/C15H24BrNO/c1-11(2)8-15(4,18)10-17-9-13-6-5-12(3)7-14(13)16/h5-7,11,17-18H,8-10H2,1-4H3. The van der Waals surface area contributed by atoms with Gasteiger partial charge in [-0.2, -0.15) is 0 Å². The van der Waals surface area contributed by atoms with E-state index in [9.17, 15) is 5.11 Å². The third kappa shape index (κ3) is 5.51. The zero-order valence-corrected chi connectivity index (χ0v) is 13.3. The molecule has 1 aromatic rings. The summed E-state index contributed by atoms with van der Waals surface area (Å²) in [5.41, 5.74) is 1.84. The molecule has 0 saturated heterocycles. The fourth-order valence-corrected chi connectivity index (χ4v) is 2.85. The SMILES string of the molecule is Cc1ccc(CNCC(C)(O)CC(C)C)c(Br)c1. The largest absolute Gasteiger partial charge is 0.389 e. The van der Waals surface area contributed by atoms with Gasteiger partial charge in [-0.1, -0.05) is 41.9 Å². The number of aliphatic hydroxyl groups is 1. The highest BCUT2D eigenvalue weighted by molar-refractivity contribution is 9.10. The highest BCUT2D eigenvalue weighted by Gasteiger charge is 2.21. The summed E-state index contributed by atoms with van der Waals surface area (Å²) in [6.45, 7) is 9.62. The number of hydrogen-bond donors (Lipinski definition) is 2. The van der Waals surface area contributed by atoms with E-state index in [1.54, 1.807) is 0 Å². The van der Waals surface area contributed by atoms with E-state index >= 15 is 0 Å². The predicted molar refractivity (Wildman–Crippen MR) is 80.7 cm³/mol. The van der Waals surface area contributed by atoms with Gasteiger partial charge >= 0.3 is 0 Å². The maximum Gasteiger partial charge on any atom is 0.0746 e. The maximum absolute atomic E-state index is 10.2. The van der Waals surface area contributed by atoms with E-state index in [-0.39, 0.29) is 0 Å². The van der Waals surface area contributed by atoms with Gasteiger partial charge in [0.05, 0.1) is 5.60 Å². The van der Waals surface area contributed by atoms with Gasteiger partial charge in [0.1, 0.15) is 0 Å². The molecule has 2 nitrogen and oxygen atoms in total. The highest BCUT2D eigenvalue weighted by atomic mass is 79.9.